The van der Waals surface area contributed by atoms with Crippen LogP contribution >= 0.6 is 11.6 Å². The van der Waals surface area contributed by atoms with Crippen molar-refractivity contribution in [1.29, 1.82) is 0 Å². The summed E-state index contributed by atoms with van der Waals surface area (Å²) in [6.07, 6.45) is -4.81. The van der Waals surface area contributed by atoms with Gasteiger partial charge in [0.1, 0.15) is 13.2 Å². The van der Waals surface area contributed by atoms with Crippen LogP contribution in [0.5, 0.6) is 11.5 Å². The number of carbonyl (C=O) groups is 1. The molecule has 0 aliphatic carbocycles. The normalized spacial score (nSPS) is 13.7. The van der Waals surface area contributed by atoms with Gasteiger partial charge in [0, 0.05) is 0 Å². The van der Waals surface area contributed by atoms with E-state index in [1.54, 1.807) is 11.2 Å². The molecule has 1 amide bonds. The van der Waals surface area contributed by atoms with Gasteiger partial charge in [0.25, 0.3) is 0 Å². The van der Waals surface area contributed by atoms with Gasteiger partial charge < -0.3 is 9.47 Å². The van der Waals surface area contributed by atoms with E-state index in [1.165, 1.54) is 6.07 Å². The van der Waals surface area contributed by atoms with Gasteiger partial charge in [-0.3, -0.25) is 15.2 Å². The number of halogens is 4. The summed E-state index contributed by atoms with van der Waals surface area (Å²) in [5.41, 5.74) is 0.508. The Morgan fingerprint density at radius 2 is 2.08 bits per heavy atom. The summed E-state index contributed by atoms with van der Waals surface area (Å²) >= 11 is 6.05. The number of rotatable bonds is 3. The Balaban J connectivity index is 1.69. The molecule has 0 unspecified atom stereocenters. The summed E-state index contributed by atoms with van der Waals surface area (Å²) in [5.74, 6) is -1.55. The second-order valence-electron chi connectivity index (χ2n) is 4.83. The molecule has 11 heteroatoms. The molecule has 0 fully saturated rings. The van der Waals surface area contributed by atoms with Crippen molar-refractivity contribution in [2.45, 2.75) is 12.6 Å². The number of anilines is 1. The molecular weight excluding hydrogens is 353 g/mol. The zero-order valence-electron chi connectivity index (χ0n) is 11.9. The molecule has 2 aromatic rings. The average Bonchev–Trinajstić information content (AvgIpc) is 2.95. The van der Waals surface area contributed by atoms with Gasteiger partial charge >= 0.3 is 6.18 Å². The Morgan fingerprint density at radius 1 is 1.33 bits per heavy atom. The summed E-state index contributed by atoms with van der Waals surface area (Å²) in [6.45, 7) is 0.731. The van der Waals surface area contributed by atoms with E-state index in [2.05, 4.69) is 15.4 Å². The number of aromatic amines is 1. The van der Waals surface area contributed by atoms with E-state index in [-0.39, 0.29) is 11.4 Å². The first kappa shape index (κ1) is 16.4. The lowest BCUT2D eigenvalue weighted by Gasteiger charge is -2.20. The lowest BCUT2D eigenvalue weighted by atomic mass is 10.1. The van der Waals surface area contributed by atoms with Crippen LogP contribution < -0.4 is 14.8 Å². The van der Waals surface area contributed by atoms with Gasteiger partial charge in [-0.2, -0.15) is 18.2 Å². The van der Waals surface area contributed by atoms with Crippen LogP contribution in [0.3, 0.4) is 0 Å². The molecule has 1 aliphatic rings. The van der Waals surface area contributed by atoms with Gasteiger partial charge in [-0.05, 0) is 17.7 Å². The monoisotopic (exact) mass is 362 g/mol. The SMILES string of the molecule is O=C(Cc1cc(Cl)c2c(c1)OCCO2)Nc1n[nH]c(C(F)(F)F)n1. The predicted octanol–water partition coefficient (Wildman–Crippen LogP) is 2.43. The molecule has 1 aromatic carbocycles. The van der Waals surface area contributed by atoms with Gasteiger partial charge in [-0.1, -0.05) is 11.6 Å². The highest BCUT2D eigenvalue weighted by Gasteiger charge is 2.35. The Bertz CT molecular complexity index is 778. The van der Waals surface area contributed by atoms with Crippen molar-refractivity contribution in [2.75, 3.05) is 18.5 Å². The van der Waals surface area contributed by atoms with Crippen molar-refractivity contribution in [3.05, 3.63) is 28.5 Å². The number of ether oxygens (including phenoxy) is 2. The topological polar surface area (TPSA) is 89.1 Å². The van der Waals surface area contributed by atoms with Crippen molar-refractivity contribution < 1.29 is 27.4 Å². The molecule has 0 radical (unpaired) electrons. The molecule has 0 spiro atoms. The molecule has 128 valence electrons. The maximum atomic E-state index is 12.4. The molecule has 3 rings (SSSR count). The van der Waals surface area contributed by atoms with Gasteiger partial charge in [-0.25, -0.2) is 0 Å². The molecule has 1 aromatic heterocycles. The molecule has 2 N–H and O–H groups in total. The lowest BCUT2D eigenvalue weighted by Crippen LogP contribution is -2.18. The van der Waals surface area contributed by atoms with Crippen LogP contribution in [0.1, 0.15) is 11.4 Å². The highest BCUT2D eigenvalue weighted by Crippen LogP contribution is 2.38. The van der Waals surface area contributed by atoms with Crippen LogP contribution in [0.4, 0.5) is 19.1 Å². The number of fused-ring (bicyclic) bond motifs is 1. The fourth-order valence-electron chi connectivity index (χ4n) is 2.07. The fraction of sp³-hybridized carbons (Fsp3) is 0.308. The van der Waals surface area contributed by atoms with E-state index in [0.29, 0.717) is 30.3 Å². The van der Waals surface area contributed by atoms with Crippen LogP contribution in [0.2, 0.25) is 5.02 Å². The number of carbonyl (C=O) groups excluding carboxylic acids is 1. The maximum absolute atomic E-state index is 12.4. The number of H-pyrrole nitrogens is 1. The van der Waals surface area contributed by atoms with Crippen LogP contribution in [-0.2, 0) is 17.4 Å². The average molecular weight is 363 g/mol. The summed E-state index contributed by atoms with van der Waals surface area (Å²) in [7, 11) is 0. The molecule has 0 atom stereocenters. The van der Waals surface area contributed by atoms with Crippen molar-refractivity contribution in [1.82, 2.24) is 15.2 Å². The number of nitrogens with zero attached hydrogens (tertiary/aromatic N) is 2. The summed E-state index contributed by atoms with van der Waals surface area (Å²) in [5, 5.41) is 7.46. The third kappa shape index (κ3) is 3.53. The minimum Gasteiger partial charge on any atom is -0.486 e. The first-order valence-corrected chi connectivity index (χ1v) is 7.08. The maximum Gasteiger partial charge on any atom is 0.451 e. The number of benzene rings is 1. The smallest absolute Gasteiger partial charge is 0.451 e. The van der Waals surface area contributed by atoms with Crippen molar-refractivity contribution in [2.24, 2.45) is 0 Å². The van der Waals surface area contributed by atoms with Crippen molar-refractivity contribution in [3.63, 3.8) is 0 Å². The number of hydrogen-bond acceptors (Lipinski definition) is 5. The van der Waals surface area contributed by atoms with Crippen LogP contribution in [0.25, 0.3) is 0 Å². The zero-order chi connectivity index (χ0) is 17.3. The largest absolute Gasteiger partial charge is 0.486 e. The lowest BCUT2D eigenvalue weighted by molar-refractivity contribution is -0.144. The Morgan fingerprint density at radius 3 is 2.79 bits per heavy atom. The number of amides is 1. The number of hydrogen-bond donors (Lipinski definition) is 2. The summed E-state index contributed by atoms with van der Waals surface area (Å²) in [4.78, 5) is 15.1. The third-order valence-electron chi connectivity index (χ3n) is 3.03. The van der Waals surface area contributed by atoms with E-state index < -0.39 is 23.9 Å². The van der Waals surface area contributed by atoms with Crippen LogP contribution in [0, 0.1) is 0 Å². The van der Waals surface area contributed by atoms with Gasteiger partial charge in [0.2, 0.25) is 17.7 Å². The number of alkyl halides is 3. The first-order chi connectivity index (χ1) is 11.3. The highest BCUT2D eigenvalue weighted by molar-refractivity contribution is 6.32. The molecule has 0 bridgehead atoms. The number of nitrogens with one attached hydrogen (secondary N) is 2. The standard InChI is InChI=1S/C13H10ClF3N4O3/c14-7-3-6(4-8-10(7)24-2-1-23-8)5-9(22)18-12-19-11(20-21-12)13(15,16)17/h3-4H,1-2,5H2,(H2,18,19,20,21,22). The molecule has 1 aliphatic heterocycles. The predicted molar refractivity (Wildman–Crippen MR) is 76.2 cm³/mol. The highest BCUT2D eigenvalue weighted by atomic mass is 35.5. The molecule has 7 nitrogen and oxygen atoms in total. The molecule has 24 heavy (non-hydrogen) atoms. The van der Waals surface area contributed by atoms with E-state index >= 15 is 0 Å². The van der Waals surface area contributed by atoms with Gasteiger partial charge in [-0.15, -0.1) is 5.10 Å². The van der Waals surface area contributed by atoms with E-state index in [9.17, 15) is 18.0 Å². The Labute approximate surface area is 138 Å². The summed E-state index contributed by atoms with van der Waals surface area (Å²) < 4.78 is 48.0. The minimum absolute atomic E-state index is 0.147. The van der Waals surface area contributed by atoms with E-state index in [4.69, 9.17) is 21.1 Å². The Hall–Kier alpha value is -2.49. The molecular formula is C13H10ClF3N4O3. The second-order valence-corrected chi connectivity index (χ2v) is 5.24. The van der Waals surface area contributed by atoms with Crippen LogP contribution in [0.15, 0.2) is 12.1 Å². The van der Waals surface area contributed by atoms with Crippen LogP contribution in [-0.4, -0.2) is 34.3 Å². The van der Waals surface area contributed by atoms with E-state index in [1.807, 2.05) is 0 Å². The van der Waals surface area contributed by atoms with Crippen molar-refractivity contribution >= 4 is 23.5 Å². The van der Waals surface area contributed by atoms with Crippen molar-refractivity contribution in [3.8, 4) is 11.5 Å². The summed E-state index contributed by atoms with van der Waals surface area (Å²) in [6, 6.07) is 3.10. The third-order valence-corrected chi connectivity index (χ3v) is 3.31. The van der Waals surface area contributed by atoms with Gasteiger partial charge in [0.15, 0.2) is 11.5 Å². The quantitative estimate of drug-likeness (QED) is 0.875. The first-order valence-electron chi connectivity index (χ1n) is 6.70. The zero-order valence-corrected chi connectivity index (χ0v) is 12.7. The molecule has 0 saturated heterocycles. The minimum atomic E-state index is -4.67. The van der Waals surface area contributed by atoms with E-state index in [0.717, 1.165) is 0 Å². The Kier molecular flexibility index (Phi) is 4.22. The number of aromatic nitrogens is 3. The van der Waals surface area contributed by atoms with Gasteiger partial charge in [0.05, 0.1) is 11.4 Å². The molecule has 0 saturated carbocycles. The fourth-order valence-corrected chi connectivity index (χ4v) is 2.35. The second kappa shape index (κ2) is 6.19. The molecule has 2 heterocycles.